The quantitative estimate of drug-likeness (QED) is 0.500. The lowest BCUT2D eigenvalue weighted by atomic mass is 9.77. The van der Waals surface area contributed by atoms with E-state index < -0.39 is 0 Å². The third kappa shape index (κ3) is 3.56. The van der Waals surface area contributed by atoms with Gasteiger partial charge >= 0.3 is 0 Å². The summed E-state index contributed by atoms with van der Waals surface area (Å²) >= 11 is 0. The minimum absolute atomic E-state index is 0.0390. The largest absolute Gasteiger partial charge is 0.464 e. The average molecular weight is 304 g/mol. The van der Waals surface area contributed by atoms with Crippen molar-refractivity contribution >= 4 is 17.0 Å². The molecule has 0 fully saturated rings. The van der Waals surface area contributed by atoms with Gasteiger partial charge < -0.3 is 4.42 Å². The minimum atomic E-state index is 0.0390. The summed E-state index contributed by atoms with van der Waals surface area (Å²) in [5.41, 5.74) is 3.60. The molecule has 0 unspecified atom stereocenters. The number of hydrogen-bond donors (Lipinski definition) is 0. The molecular formula is C22H24O. The average Bonchev–Trinajstić information content (AvgIpc) is 3.07. The van der Waals surface area contributed by atoms with E-state index in [-0.39, 0.29) is 5.41 Å². The predicted molar refractivity (Wildman–Crippen MR) is 98.6 cm³/mol. The van der Waals surface area contributed by atoms with Crippen LogP contribution in [0.4, 0.5) is 0 Å². The summed E-state index contributed by atoms with van der Waals surface area (Å²) in [5, 5.41) is 1.18. The highest BCUT2D eigenvalue weighted by Gasteiger charge is 2.23. The van der Waals surface area contributed by atoms with Crippen LogP contribution >= 0.6 is 0 Å². The number of rotatable bonds is 6. The van der Waals surface area contributed by atoms with E-state index in [1.165, 1.54) is 29.4 Å². The van der Waals surface area contributed by atoms with Gasteiger partial charge in [0, 0.05) is 10.8 Å². The monoisotopic (exact) mass is 304 g/mol. The van der Waals surface area contributed by atoms with Crippen LogP contribution in [0, 0.1) is 0 Å². The SMILES string of the molecule is CCCC[C@@](C)(/C=C/c1ccccc1)c1ccc2occc2c1. The van der Waals surface area contributed by atoms with Crippen molar-refractivity contribution in [2.24, 2.45) is 0 Å². The number of fused-ring (bicyclic) bond motifs is 1. The van der Waals surface area contributed by atoms with E-state index >= 15 is 0 Å². The van der Waals surface area contributed by atoms with Crippen molar-refractivity contribution in [2.45, 2.75) is 38.5 Å². The first kappa shape index (κ1) is 15.6. The zero-order valence-electron chi connectivity index (χ0n) is 14.0. The van der Waals surface area contributed by atoms with Gasteiger partial charge in [-0.2, -0.15) is 0 Å². The molecule has 0 amide bonds. The normalized spacial score (nSPS) is 14.3. The summed E-state index contributed by atoms with van der Waals surface area (Å²) in [4.78, 5) is 0. The zero-order chi connectivity index (χ0) is 16.1. The molecule has 3 rings (SSSR count). The number of allylic oxidation sites excluding steroid dienone is 1. The first-order chi connectivity index (χ1) is 11.2. The Balaban J connectivity index is 1.96. The molecule has 0 radical (unpaired) electrons. The summed E-state index contributed by atoms with van der Waals surface area (Å²) in [6.07, 6.45) is 9.95. The molecule has 23 heavy (non-hydrogen) atoms. The molecule has 0 spiro atoms. The number of hydrogen-bond acceptors (Lipinski definition) is 1. The van der Waals surface area contributed by atoms with Crippen LogP contribution in [0.1, 0.15) is 44.2 Å². The number of benzene rings is 2. The molecule has 1 aromatic heterocycles. The van der Waals surface area contributed by atoms with Crippen LogP contribution in [0.5, 0.6) is 0 Å². The maximum Gasteiger partial charge on any atom is 0.133 e. The van der Waals surface area contributed by atoms with Crippen LogP contribution in [0.25, 0.3) is 17.0 Å². The Bertz CT molecular complexity index is 782. The maximum absolute atomic E-state index is 5.48. The lowest BCUT2D eigenvalue weighted by Crippen LogP contribution is -2.18. The minimum Gasteiger partial charge on any atom is -0.464 e. The van der Waals surface area contributed by atoms with Crippen molar-refractivity contribution in [1.82, 2.24) is 0 Å². The lowest BCUT2D eigenvalue weighted by Gasteiger charge is -2.27. The van der Waals surface area contributed by atoms with Crippen molar-refractivity contribution in [3.63, 3.8) is 0 Å². The van der Waals surface area contributed by atoms with Gasteiger partial charge in [0.05, 0.1) is 6.26 Å². The van der Waals surface area contributed by atoms with Crippen LogP contribution < -0.4 is 0 Å². The second-order valence-corrected chi connectivity index (χ2v) is 6.44. The van der Waals surface area contributed by atoms with Crippen LogP contribution in [-0.2, 0) is 5.41 Å². The zero-order valence-corrected chi connectivity index (χ0v) is 14.0. The summed E-state index contributed by atoms with van der Waals surface area (Å²) in [6, 6.07) is 19.1. The van der Waals surface area contributed by atoms with Crippen LogP contribution in [-0.4, -0.2) is 0 Å². The van der Waals surface area contributed by atoms with Gasteiger partial charge in [-0.15, -0.1) is 0 Å². The molecule has 1 atom stereocenters. The summed E-state index contributed by atoms with van der Waals surface area (Å²) in [5.74, 6) is 0. The Morgan fingerprint density at radius 1 is 1.04 bits per heavy atom. The fourth-order valence-corrected chi connectivity index (χ4v) is 3.03. The summed E-state index contributed by atoms with van der Waals surface area (Å²) in [6.45, 7) is 4.59. The molecule has 2 aromatic carbocycles. The molecule has 1 heterocycles. The Hall–Kier alpha value is -2.28. The van der Waals surface area contributed by atoms with E-state index in [4.69, 9.17) is 4.42 Å². The van der Waals surface area contributed by atoms with Gasteiger partial charge in [-0.05, 0) is 35.7 Å². The van der Waals surface area contributed by atoms with Crippen molar-refractivity contribution in [3.8, 4) is 0 Å². The molecule has 0 aliphatic carbocycles. The van der Waals surface area contributed by atoms with E-state index in [0.717, 1.165) is 12.0 Å². The second-order valence-electron chi connectivity index (χ2n) is 6.44. The van der Waals surface area contributed by atoms with Gasteiger partial charge in [0.15, 0.2) is 0 Å². The lowest BCUT2D eigenvalue weighted by molar-refractivity contribution is 0.512. The Morgan fingerprint density at radius 3 is 2.65 bits per heavy atom. The second kappa shape index (κ2) is 6.87. The standard InChI is InChI=1S/C22H24O/c1-3-4-14-22(2,15-12-18-8-6-5-7-9-18)20-10-11-21-19(17-20)13-16-23-21/h5-13,15-17H,3-4,14H2,1-2H3/b15-12+/t22-/m0/s1. The molecule has 0 aliphatic rings. The van der Waals surface area contributed by atoms with E-state index in [1.54, 1.807) is 6.26 Å². The van der Waals surface area contributed by atoms with Gasteiger partial charge in [0.1, 0.15) is 5.58 Å². The van der Waals surface area contributed by atoms with Crippen molar-refractivity contribution in [1.29, 1.82) is 0 Å². The summed E-state index contributed by atoms with van der Waals surface area (Å²) < 4.78 is 5.48. The third-order valence-corrected chi connectivity index (χ3v) is 4.60. The van der Waals surface area contributed by atoms with Gasteiger partial charge in [-0.3, -0.25) is 0 Å². The fraction of sp³-hybridized carbons (Fsp3) is 0.273. The third-order valence-electron chi connectivity index (χ3n) is 4.60. The molecule has 0 aliphatic heterocycles. The maximum atomic E-state index is 5.48. The number of unbranched alkanes of at least 4 members (excludes halogenated alkanes) is 1. The molecule has 3 aromatic rings. The molecule has 0 N–H and O–H groups in total. The predicted octanol–water partition coefficient (Wildman–Crippen LogP) is 6.59. The van der Waals surface area contributed by atoms with E-state index in [2.05, 4.69) is 74.5 Å². The van der Waals surface area contributed by atoms with Crippen LogP contribution in [0.3, 0.4) is 0 Å². The van der Waals surface area contributed by atoms with E-state index in [1.807, 2.05) is 6.07 Å². The van der Waals surface area contributed by atoms with E-state index in [9.17, 15) is 0 Å². The van der Waals surface area contributed by atoms with Crippen molar-refractivity contribution < 1.29 is 4.42 Å². The van der Waals surface area contributed by atoms with E-state index in [0.29, 0.717) is 0 Å². The Kier molecular flexibility index (Phi) is 4.66. The Labute approximate surface area is 138 Å². The molecule has 1 nitrogen and oxygen atoms in total. The fourth-order valence-electron chi connectivity index (χ4n) is 3.03. The first-order valence-corrected chi connectivity index (χ1v) is 8.43. The topological polar surface area (TPSA) is 13.1 Å². The van der Waals surface area contributed by atoms with Crippen molar-refractivity contribution in [3.05, 3.63) is 78.1 Å². The van der Waals surface area contributed by atoms with Crippen LogP contribution in [0.2, 0.25) is 0 Å². The summed E-state index contributed by atoms with van der Waals surface area (Å²) in [7, 11) is 0. The molecule has 1 heteroatoms. The number of furan rings is 1. The molecule has 0 bridgehead atoms. The van der Waals surface area contributed by atoms with Crippen molar-refractivity contribution in [2.75, 3.05) is 0 Å². The molecule has 118 valence electrons. The van der Waals surface area contributed by atoms with Gasteiger partial charge in [-0.25, -0.2) is 0 Å². The highest BCUT2D eigenvalue weighted by atomic mass is 16.3. The molecule has 0 saturated heterocycles. The first-order valence-electron chi connectivity index (χ1n) is 8.43. The molecule has 0 saturated carbocycles. The van der Waals surface area contributed by atoms with Gasteiger partial charge in [-0.1, -0.05) is 75.2 Å². The van der Waals surface area contributed by atoms with Gasteiger partial charge in [0.25, 0.3) is 0 Å². The van der Waals surface area contributed by atoms with Gasteiger partial charge in [0.2, 0.25) is 0 Å². The highest BCUT2D eigenvalue weighted by Crippen LogP contribution is 2.34. The smallest absolute Gasteiger partial charge is 0.133 e. The Morgan fingerprint density at radius 2 is 1.87 bits per heavy atom. The molecular weight excluding hydrogens is 280 g/mol. The van der Waals surface area contributed by atoms with Crippen LogP contribution in [0.15, 0.2) is 71.4 Å². The highest BCUT2D eigenvalue weighted by molar-refractivity contribution is 5.78.